The standard InChI is InChI=1S/C16H31N3O2/c1-3-6-16(2,17)15(20)19-9-7-18(8-10-19)13-14-4-11-21-12-5-14/h14H,3-13,17H2,1-2H3. The normalized spacial score (nSPS) is 24.8. The summed E-state index contributed by atoms with van der Waals surface area (Å²) >= 11 is 0. The fourth-order valence-corrected chi connectivity index (χ4v) is 3.42. The van der Waals surface area contributed by atoms with Crippen molar-refractivity contribution in [2.24, 2.45) is 11.7 Å². The van der Waals surface area contributed by atoms with Crippen LogP contribution in [0.5, 0.6) is 0 Å². The van der Waals surface area contributed by atoms with Gasteiger partial charge in [-0.25, -0.2) is 0 Å². The molecule has 5 nitrogen and oxygen atoms in total. The molecule has 2 aliphatic heterocycles. The van der Waals surface area contributed by atoms with Crippen LogP contribution in [0.3, 0.4) is 0 Å². The first-order chi connectivity index (χ1) is 10.0. The van der Waals surface area contributed by atoms with E-state index in [1.807, 2.05) is 11.8 Å². The van der Waals surface area contributed by atoms with Crippen molar-refractivity contribution < 1.29 is 9.53 Å². The predicted octanol–water partition coefficient (Wildman–Crippen LogP) is 1.07. The molecular formula is C16H31N3O2. The maximum Gasteiger partial charge on any atom is 0.242 e. The molecule has 2 aliphatic rings. The van der Waals surface area contributed by atoms with Crippen LogP contribution in [0.25, 0.3) is 0 Å². The number of nitrogens with zero attached hydrogens (tertiary/aromatic N) is 2. The zero-order valence-electron chi connectivity index (χ0n) is 13.6. The molecule has 2 N–H and O–H groups in total. The lowest BCUT2D eigenvalue weighted by atomic mass is 9.95. The minimum absolute atomic E-state index is 0.120. The van der Waals surface area contributed by atoms with Crippen molar-refractivity contribution in [2.45, 2.75) is 45.1 Å². The number of rotatable bonds is 5. The molecule has 1 amide bonds. The van der Waals surface area contributed by atoms with Gasteiger partial charge in [-0.1, -0.05) is 13.3 Å². The maximum atomic E-state index is 12.5. The molecule has 2 fully saturated rings. The van der Waals surface area contributed by atoms with Crippen LogP contribution in [0, 0.1) is 5.92 Å². The van der Waals surface area contributed by atoms with E-state index in [1.54, 1.807) is 0 Å². The van der Waals surface area contributed by atoms with E-state index in [9.17, 15) is 4.79 Å². The van der Waals surface area contributed by atoms with E-state index in [1.165, 1.54) is 12.8 Å². The van der Waals surface area contributed by atoms with Crippen LogP contribution >= 0.6 is 0 Å². The molecule has 21 heavy (non-hydrogen) atoms. The molecule has 2 rings (SSSR count). The largest absolute Gasteiger partial charge is 0.381 e. The smallest absolute Gasteiger partial charge is 0.242 e. The highest BCUT2D eigenvalue weighted by Gasteiger charge is 2.33. The second-order valence-electron chi connectivity index (χ2n) is 6.82. The SMILES string of the molecule is CCCC(C)(N)C(=O)N1CCN(CC2CCOCC2)CC1. The number of ether oxygens (including phenoxy) is 1. The summed E-state index contributed by atoms with van der Waals surface area (Å²) in [4.78, 5) is 16.9. The van der Waals surface area contributed by atoms with Gasteiger partial charge in [-0.15, -0.1) is 0 Å². The molecule has 0 aromatic rings. The van der Waals surface area contributed by atoms with Gasteiger partial charge in [0.25, 0.3) is 0 Å². The summed E-state index contributed by atoms with van der Waals surface area (Å²) in [5, 5.41) is 0. The van der Waals surface area contributed by atoms with Crippen LogP contribution in [0.2, 0.25) is 0 Å². The molecule has 2 heterocycles. The lowest BCUT2D eigenvalue weighted by molar-refractivity contribution is -0.138. The predicted molar refractivity (Wildman–Crippen MR) is 84.1 cm³/mol. The first-order valence-corrected chi connectivity index (χ1v) is 8.41. The maximum absolute atomic E-state index is 12.5. The van der Waals surface area contributed by atoms with Crippen molar-refractivity contribution >= 4 is 5.91 Å². The summed E-state index contributed by atoms with van der Waals surface area (Å²) in [5.74, 6) is 0.885. The van der Waals surface area contributed by atoms with Crippen molar-refractivity contribution in [3.8, 4) is 0 Å². The summed E-state index contributed by atoms with van der Waals surface area (Å²) in [6, 6.07) is 0. The Kier molecular flexibility index (Phi) is 6.02. The first-order valence-electron chi connectivity index (χ1n) is 8.41. The number of hydrogen-bond donors (Lipinski definition) is 1. The van der Waals surface area contributed by atoms with Crippen molar-refractivity contribution in [1.82, 2.24) is 9.80 Å². The van der Waals surface area contributed by atoms with E-state index in [0.717, 1.165) is 64.7 Å². The number of carbonyl (C=O) groups excluding carboxylic acids is 1. The molecule has 2 saturated heterocycles. The Balaban J connectivity index is 1.76. The Morgan fingerprint density at radius 2 is 1.86 bits per heavy atom. The average molecular weight is 297 g/mol. The van der Waals surface area contributed by atoms with Gasteiger partial charge < -0.3 is 15.4 Å². The third kappa shape index (κ3) is 4.66. The molecule has 1 unspecified atom stereocenters. The Morgan fingerprint density at radius 1 is 1.24 bits per heavy atom. The zero-order valence-corrected chi connectivity index (χ0v) is 13.6. The van der Waals surface area contributed by atoms with Crippen LogP contribution in [0.4, 0.5) is 0 Å². The molecule has 0 spiro atoms. The molecule has 0 aromatic heterocycles. The van der Waals surface area contributed by atoms with Gasteiger partial charge >= 0.3 is 0 Å². The molecule has 0 radical (unpaired) electrons. The quantitative estimate of drug-likeness (QED) is 0.825. The van der Waals surface area contributed by atoms with E-state index in [0.29, 0.717) is 0 Å². The topological polar surface area (TPSA) is 58.8 Å². The van der Waals surface area contributed by atoms with E-state index >= 15 is 0 Å². The van der Waals surface area contributed by atoms with Crippen LogP contribution in [0.15, 0.2) is 0 Å². The van der Waals surface area contributed by atoms with Gasteiger partial charge in [0.1, 0.15) is 0 Å². The monoisotopic (exact) mass is 297 g/mol. The van der Waals surface area contributed by atoms with Crippen molar-refractivity contribution in [3.63, 3.8) is 0 Å². The van der Waals surface area contributed by atoms with Crippen molar-refractivity contribution in [3.05, 3.63) is 0 Å². The average Bonchev–Trinajstić information content (AvgIpc) is 2.48. The summed E-state index contributed by atoms with van der Waals surface area (Å²) in [6.45, 7) is 10.5. The Hall–Kier alpha value is -0.650. The number of hydrogen-bond acceptors (Lipinski definition) is 4. The molecule has 5 heteroatoms. The highest BCUT2D eigenvalue weighted by atomic mass is 16.5. The number of nitrogens with two attached hydrogens (primary N) is 1. The second-order valence-corrected chi connectivity index (χ2v) is 6.82. The summed E-state index contributed by atoms with van der Waals surface area (Å²) in [6.07, 6.45) is 4.06. The lowest BCUT2D eigenvalue weighted by Gasteiger charge is -2.40. The lowest BCUT2D eigenvalue weighted by Crippen LogP contribution is -2.58. The van der Waals surface area contributed by atoms with Gasteiger partial charge in [0.05, 0.1) is 5.54 Å². The molecule has 0 bridgehead atoms. The highest BCUT2D eigenvalue weighted by molar-refractivity contribution is 5.85. The van der Waals surface area contributed by atoms with Crippen LogP contribution in [-0.2, 0) is 9.53 Å². The van der Waals surface area contributed by atoms with Gasteiger partial charge in [-0.05, 0) is 32.1 Å². The number of piperazine rings is 1. The minimum Gasteiger partial charge on any atom is -0.381 e. The Morgan fingerprint density at radius 3 is 2.43 bits per heavy atom. The number of carbonyl (C=O) groups is 1. The third-order valence-electron chi connectivity index (χ3n) is 4.77. The fourth-order valence-electron chi connectivity index (χ4n) is 3.42. The van der Waals surface area contributed by atoms with E-state index in [2.05, 4.69) is 11.8 Å². The van der Waals surface area contributed by atoms with Crippen molar-refractivity contribution in [1.29, 1.82) is 0 Å². The summed E-state index contributed by atoms with van der Waals surface area (Å²) in [7, 11) is 0. The van der Waals surface area contributed by atoms with Crippen LogP contribution < -0.4 is 5.73 Å². The zero-order chi connectivity index (χ0) is 15.3. The minimum atomic E-state index is -0.697. The summed E-state index contributed by atoms with van der Waals surface area (Å²) in [5.41, 5.74) is 5.47. The van der Waals surface area contributed by atoms with E-state index < -0.39 is 5.54 Å². The van der Waals surface area contributed by atoms with Gasteiger partial charge in [0.2, 0.25) is 5.91 Å². The molecule has 0 aliphatic carbocycles. The summed E-state index contributed by atoms with van der Waals surface area (Å²) < 4.78 is 5.41. The Labute approximate surface area is 128 Å². The number of amides is 1. The molecule has 122 valence electrons. The van der Waals surface area contributed by atoms with Crippen LogP contribution in [-0.4, -0.2) is 67.2 Å². The van der Waals surface area contributed by atoms with Crippen LogP contribution in [0.1, 0.15) is 39.5 Å². The van der Waals surface area contributed by atoms with E-state index in [4.69, 9.17) is 10.5 Å². The van der Waals surface area contributed by atoms with Gasteiger partial charge in [-0.2, -0.15) is 0 Å². The molecule has 0 aromatic carbocycles. The molecule has 0 saturated carbocycles. The first kappa shape index (κ1) is 16.7. The second kappa shape index (κ2) is 7.56. The highest BCUT2D eigenvalue weighted by Crippen LogP contribution is 2.18. The van der Waals surface area contributed by atoms with E-state index in [-0.39, 0.29) is 5.91 Å². The molecular weight excluding hydrogens is 266 g/mol. The van der Waals surface area contributed by atoms with Gasteiger partial charge in [-0.3, -0.25) is 9.69 Å². The Bertz CT molecular complexity index is 332. The third-order valence-corrected chi connectivity index (χ3v) is 4.77. The van der Waals surface area contributed by atoms with Crippen molar-refractivity contribution in [2.75, 3.05) is 45.9 Å². The van der Waals surface area contributed by atoms with Gasteiger partial charge in [0.15, 0.2) is 0 Å². The van der Waals surface area contributed by atoms with Gasteiger partial charge in [0, 0.05) is 45.9 Å². The molecule has 1 atom stereocenters. The fraction of sp³-hybridized carbons (Fsp3) is 0.938.